The molecule has 0 fully saturated rings. The third kappa shape index (κ3) is 3.24. The van der Waals surface area contributed by atoms with Gasteiger partial charge in [0, 0.05) is 6.42 Å². The lowest BCUT2D eigenvalue weighted by Gasteiger charge is -2.09. The smallest absolute Gasteiger partial charge is 0.146 e. The quantitative estimate of drug-likeness (QED) is 0.786. The van der Waals surface area contributed by atoms with Crippen molar-refractivity contribution in [2.24, 2.45) is 5.73 Å². The maximum Gasteiger partial charge on any atom is 0.146 e. The highest BCUT2D eigenvalue weighted by molar-refractivity contribution is 5.80. The number of rotatable bonds is 6. The number of Topliss-reactive ketones (excluding diaryl/α,β-unsaturated/α-hetero) is 1. The molecule has 0 unspecified atom stereocenters. The number of hydrogen-bond donors (Lipinski definition) is 1. The second-order valence-electron chi connectivity index (χ2n) is 3.42. The molecule has 4 nitrogen and oxygen atoms in total. The van der Waals surface area contributed by atoms with Crippen molar-refractivity contribution >= 4 is 5.78 Å². The predicted octanol–water partition coefficient (Wildman–Crippen LogP) is 1.16. The molecule has 16 heavy (non-hydrogen) atoms. The highest BCUT2D eigenvalue weighted by Crippen LogP contribution is 2.24. The van der Waals surface area contributed by atoms with E-state index in [2.05, 4.69) is 0 Å². The number of carbonyl (C=O) groups is 1. The topological polar surface area (TPSA) is 61.5 Å². The fourth-order valence-electron chi connectivity index (χ4n) is 1.45. The summed E-state index contributed by atoms with van der Waals surface area (Å²) in [5.41, 5.74) is 6.22. The number of nitrogens with two attached hydrogens (primary N) is 1. The number of aryl methyl sites for hydroxylation is 1. The zero-order valence-electron chi connectivity index (χ0n) is 9.66. The minimum Gasteiger partial charge on any atom is -0.497 e. The molecular weight excluding hydrogens is 206 g/mol. The van der Waals surface area contributed by atoms with Crippen molar-refractivity contribution in [3.8, 4) is 11.5 Å². The number of methoxy groups -OCH3 is 2. The van der Waals surface area contributed by atoms with Gasteiger partial charge in [0.2, 0.25) is 0 Å². The average molecular weight is 223 g/mol. The van der Waals surface area contributed by atoms with Crippen LogP contribution in [-0.4, -0.2) is 26.5 Å². The minimum absolute atomic E-state index is 0.0462. The van der Waals surface area contributed by atoms with Gasteiger partial charge in [-0.15, -0.1) is 0 Å². The van der Waals surface area contributed by atoms with Crippen molar-refractivity contribution in [3.63, 3.8) is 0 Å². The van der Waals surface area contributed by atoms with Gasteiger partial charge in [-0.25, -0.2) is 0 Å². The molecule has 0 bridgehead atoms. The molecule has 0 aliphatic heterocycles. The predicted molar refractivity (Wildman–Crippen MR) is 61.9 cm³/mol. The molecule has 1 aromatic rings. The van der Waals surface area contributed by atoms with E-state index in [1.807, 2.05) is 18.2 Å². The summed E-state index contributed by atoms with van der Waals surface area (Å²) in [7, 11) is 3.21. The molecule has 0 spiro atoms. The summed E-state index contributed by atoms with van der Waals surface area (Å²) in [5.74, 6) is 1.58. The SMILES string of the molecule is COc1ccc(OC)c(CCC(=O)CN)c1. The molecule has 2 N–H and O–H groups in total. The highest BCUT2D eigenvalue weighted by Gasteiger charge is 2.07. The maximum absolute atomic E-state index is 11.1. The molecule has 88 valence electrons. The summed E-state index contributed by atoms with van der Waals surface area (Å²) >= 11 is 0. The van der Waals surface area contributed by atoms with Crippen LogP contribution in [0.25, 0.3) is 0 Å². The van der Waals surface area contributed by atoms with Gasteiger partial charge in [-0.2, -0.15) is 0 Å². The third-order valence-electron chi connectivity index (χ3n) is 2.39. The standard InChI is InChI=1S/C12H17NO3/c1-15-11-5-6-12(16-2)9(7-11)3-4-10(14)8-13/h5-7H,3-4,8,13H2,1-2H3. The average Bonchev–Trinajstić information content (AvgIpc) is 2.35. The van der Waals surface area contributed by atoms with E-state index in [0.29, 0.717) is 12.8 Å². The van der Waals surface area contributed by atoms with E-state index in [-0.39, 0.29) is 12.3 Å². The third-order valence-corrected chi connectivity index (χ3v) is 2.39. The van der Waals surface area contributed by atoms with Crippen LogP contribution in [0.2, 0.25) is 0 Å². The van der Waals surface area contributed by atoms with E-state index in [9.17, 15) is 4.79 Å². The van der Waals surface area contributed by atoms with Crippen molar-refractivity contribution in [2.45, 2.75) is 12.8 Å². The zero-order chi connectivity index (χ0) is 12.0. The largest absolute Gasteiger partial charge is 0.497 e. The van der Waals surface area contributed by atoms with Crippen molar-refractivity contribution < 1.29 is 14.3 Å². The first kappa shape index (κ1) is 12.5. The minimum atomic E-state index is 0.0462. The Balaban J connectivity index is 2.78. The van der Waals surface area contributed by atoms with Crippen LogP contribution in [-0.2, 0) is 11.2 Å². The molecule has 1 aromatic carbocycles. The Kier molecular flexibility index (Phi) is 4.79. The van der Waals surface area contributed by atoms with Crippen LogP contribution in [0.15, 0.2) is 18.2 Å². The van der Waals surface area contributed by atoms with Gasteiger partial charge >= 0.3 is 0 Å². The van der Waals surface area contributed by atoms with Crippen LogP contribution in [0.1, 0.15) is 12.0 Å². The van der Waals surface area contributed by atoms with E-state index in [4.69, 9.17) is 15.2 Å². The van der Waals surface area contributed by atoms with E-state index in [1.54, 1.807) is 14.2 Å². The molecular formula is C12H17NO3. The lowest BCUT2D eigenvalue weighted by atomic mass is 10.1. The van der Waals surface area contributed by atoms with Gasteiger partial charge in [0.05, 0.1) is 20.8 Å². The number of hydrogen-bond acceptors (Lipinski definition) is 4. The van der Waals surface area contributed by atoms with E-state index in [1.165, 1.54) is 0 Å². The Morgan fingerprint density at radius 3 is 2.62 bits per heavy atom. The second kappa shape index (κ2) is 6.12. The first-order valence-corrected chi connectivity index (χ1v) is 5.14. The fourth-order valence-corrected chi connectivity index (χ4v) is 1.45. The van der Waals surface area contributed by atoms with Crippen LogP contribution < -0.4 is 15.2 Å². The maximum atomic E-state index is 11.1. The number of carbonyl (C=O) groups excluding carboxylic acids is 1. The molecule has 0 saturated heterocycles. The highest BCUT2D eigenvalue weighted by atomic mass is 16.5. The summed E-state index contributed by atoms with van der Waals surface area (Å²) in [6, 6.07) is 5.54. The van der Waals surface area contributed by atoms with Crippen LogP contribution in [0, 0.1) is 0 Å². The number of ether oxygens (including phenoxy) is 2. The number of benzene rings is 1. The van der Waals surface area contributed by atoms with Crippen molar-refractivity contribution in [2.75, 3.05) is 20.8 Å². The number of ketones is 1. The lowest BCUT2D eigenvalue weighted by molar-refractivity contribution is -0.117. The van der Waals surface area contributed by atoms with Gasteiger partial charge in [0.1, 0.15) is 17.3 Å². The summed E-state index contributed by atoms with van der Waals surface area (Å²) in [6.45, 7) is 0.0896. The van der Waals surface area contributed by atoms with Gasteiger partial charge in [0.15, 0.2) is 0 Å². The van der Waals surface area contributed by atoms with E-state index in [0.717, 1.165) is 17.1 Å². The fraction of sp³-hybridized carbons (Fsp3) is 0.417. The zero-order valence-corrected chi connectivity index (χ0v) is 9.66. The molecule has 0 aliphatic rings. The molecule has 0 atom stereocenters. The monoisotopic (exact) mass is 223 g/mol. The Labute approximate surface area is 95.3 Å². The first-order valence-electron chi connectivity index (χ1n) is 5.14. The Bertz CT molecular complexity index is 363. The van der Waals surface area contributed by atoms with Crippen molar-refractivity contribution in [1.29, 1.82) is 0 Å². The molecule has 0 heterocycles. The molecule has 0 radical (unpaired) electrons. The Morgan fingerprint density at radius 1 is 1.31 bits per heavy atom. The Morgan fingerprint density at radius 2 is 2.06 bits per heavy atom. The van der Waals surface area contributed by atoms with Crippen LogP contribution >= 0.6 is 0 Å². The summed E-state index contributed by atoms with van der Waals surface area (Å²) in [6.07, 6.45) is 1.05. The van der Waals surface area contributed by atoms with Crippen LogP contribution in [0.4, 0.5) is 0 Å². The van der Waals surface area contributed by atoms with Crippen molar-refractivity contribution in [1.82, 2.24) is 0 Å². The Hall–Kier alpha value is -1.55. The van der Waals surface area contributed by atoms with Crippen LogP contribution in [0.5, 0.6) is 11.5 Å². The molecule has 0 aliphatic carbocycles. The van der Waals surface area contributed by atoms with Crippen LogP contribution in [0.3, 0.4) is 0 Å². The first-order chi connectivity index (χ1) is 7.71. The van der Waals surface area contributed by atoms with Gasteiger partial charge in [-0.05, 0) is 30.2 Å². The normalized spacial score (nSPS) is 9.94. The summed E-state index contributed by atoms with van der Waals surface area (Å²) in [4.78, 5) is 11.1. The second-order valence-corrected chi connectivity index (χ2v) is 3.42. The molecule has 1 rings (SSSR count). The molecule has 0 aromatic heterocycles. The van der Waals surface area contributed by atoms with Gasteiger partial charge < -0.3 is 15.2 Å². The summed E-state index contributed by atoms with van der Waals surface area (Å²) in [5, 5.41) is 0. The van der Waals surface area contributed by atoms with Crippen molar-refractivity contribution in [3.05, 3.63) is 23.8 Å². The van der Waals surface area contributed by atoms with E-state index >= 15 is 0 Å². The van der Waals surface area contributed by atoms with Gasteiger partial charge in [-0.1, -0.05) is 0 Å². The van der Waals surface area contributed by atoms with E-state index < -0.39 is 0 Å². The molecule has 4 heteroatoms. The lowest BCUT2D eigenvalue weighted by Crippen LogP contribution is -2.13. The van der Waals surface area contributed by atoms with Gasteiger partial charge in [0.25, 0.3) is 0 Å². The summed E-state index contributed by atoms with van der Waals surface area (Å²) < 4.78 is 10.3. The molecule has 0 amide bonds. The molecule has 0 saturated carbocycles. The van der Waals surface area contributed by atoms with Gasteiger partial charge in [-0.3, -0.25) is 4.79 Å².